The molecule has 6 heteroatoms. The smallest absolute Gasteiger partial charge is 0.257 e. The van der Waals surface area contributed by atoms with Crippen LogP contribution in [0.2, 0.25) is 0 Å². The Labute approximate surface area is 154 Å². The second-order valence-electron chi connectivity index (χ2n) is 7.26. The number of β-amino-alcohol motifs (C(OH)–C–C–N with tert-alkyl or cyclic N) is 1. The van der Waals surface area contributed by atoms with Gasteiger partial charge < -0.3 is 14.9 Å². The van der Waals surface area contributed by atoms with Crippen molar-refractivity contribution < 1.29 is 9.90 Å². The lowest BCUT2D eigenvalue weighted by Gasteiger charge is -2.34. The third-order valence-electron chi connectivity index (χ3n) is 5.26. The summed E-state index contributed by atoms with van der Waals surface area (Å²) in [6, 6.07) is 9.81. The normalized spacial score (nSPS) is 17.2. The summed E-state index contributed by atoms with van der Waals surface area (Å²) < 4.78 is 0. The Kier molecular flexibility index (Phi) is 6.06. The maximum Gasteiger partial charge on any atom is 0.257 e. The molecular weight excluding hydrogens is 328 g/mol. The molecule has 140 valence electrons. The second kappa shape index (κ2) is 8.47. The van der Waals surface area contributed by atoms with Crippen LogP contribution in [0.4, 0.5) is 0 Å². The summed E-state index contributed by atoms with van der Waals surface area (Å²) in [5.41, 5.74) is 2.43. The van der Waals surface area contributed by atoms with Crippen LogP contribution in [-0.2, 0) is 0 Å². The van der Waals surface area contributed by atoms with Crippen molar-refractivity contribution in [1.82, 2.24) is 20.0 Å². The Bertz CT molecular complexity index is 708. The molecule has 1 atom stereocenters. The standard InChI is InChI=1S/C20H28N4O2/c1-15-18(12-21-22-15)20(26)23(2)13-16-8-10-24(11-9-16)14-19(25)17-6-4-3-5-7-17/h3-7,12,16,19,25H,8-11,13-14H2,1-2H3,(H,21,22). The molecule has 1 amide bonds. The number of benzene rings is 1. The van der Waals surface area contributed by atoms with E-state index in [9.17, 15) is 9.90 Å². The number of amides is 1. The van der Waals surface area contributed by atoms with Crippen LogP contribution in [0.15, 0.2) is 36.5 Å². The number of aliphatic hydroxyl groups is 1. The molecule has 1 aliphatic rings. The number of hydrogen-bond acceptors (Lipinski definition) is 4. The minimum absolute atomic E-state index is 0.0261. The number of aromatic amines is 1. The van der Waals surface area contributed by atoms with E-state index in [1.54, 1.807) is 11.1 Å². The van der Waals surface area contributed by atoms with Crippen LogP contribution in [-0.4, -0.2) is 64.2 Å². The molecule has 1 unspecified atom stereocenters. The average Bonchev–Trinajstić information content (AvgIpc) is 3.09. The van der Waals surface area contributed by atoms with Gasteiger partial charge in [0, 0.05) is 25.8 Å². The number of piperidine rings is 1. The molecule has 3 rings (SSSR count). The van der Waals surface area contributed by atoms with Crippen molar-refractivity contribution in [2.45, 2.75) is 25.9 Å². The molecule has 0 saturated carbocycles. The second-order valence-corrected chi connectivity index (χ2v) is 7.26. The first kappa shape index (κ1) is 18.6. The number of nitrogens with one attached hydrogen (secondary N) is 1. The van der Waals surface area contributed by atoms with Gasteiger partial charge >= 0.3 is 0 Å². The highest BCUT2D eigenvalue weighted by atomic mass is 16.3. The number of nitrogens with zero attached hydrogens (tertiary/aromatic N) is 3. The number of carbonyl (C=O) groups excluding carboxylic acids is 1. The maximum absolute atomic E-state index is 12.5. The summed E-state index contributed by atoms with van der Waals surface area (Å²) in [4.78, 5) is 16.6. The van der Waals surface area contributed by atoms with Crippen molar-refractivity contribution in [2.24, 2.45) is 5.92 Å². The maximum atomic E-state index is 12.5. The molecule has 2 N–H and O–H groups in total. The average molecular weight is 356 g/mol. The van der Waals surface area contributed by atoms with E-state index in [1.165, 1.54) is 0 Å². The first-order valence-electron chi connectivity index (χ1n) is 9.25. The van der Waals surface area contributed by atoms with Gasteiger partial charge in [0.05, 0.1) is 17.9 Å². The van der Waals surface area contributed by atoms with Gasteiger partial charge in [0.1, 0.15) is 0 Å². The van der Waals surface area contributed by atoms with Crippen LogP contribution < -0.4 is 0 Å². The predicted molar refractivity (Wildman–Crippen MR) is 101 cm³/mol. The SMILES string of the molecule is Cc1[nH]ncc1C(=O)N(C)CC1CCN(CC(O)c2ccccc2)CC1. The van der Waals surface area contributed by atoms with Gasteiger partial charge in [0.2, 0.25) is 0 Å². The number of aryl methyl sites for hydroxylation is 1. The lowest BCUT2D eigenvalue weighted by atomic mass is 9.95. The monoisotopic (exact) mass is 356 g/mol. The van der Waals surface area contributed by atoms with Gasteiger partial charge in [-0.05, 0) is 44.3 Å². The molecule has 1 fully saturated rings. The highest BCUT2D eigenvalue weighted by Gasteiger charge is 2.24. The summed E-state index contributed by atoms with van der Waals surface area (Å²) in [6.07, 6.45) is 3.25. The molecule has 1 aromatic carbocycles. The third kappa shape index (κ3) is 4.51. The fourth-order valence-corrected chi connectivity index (χ4v) is 3.62. The van der Waals surface area contributed by atoms with Gasteiger partial charge in [-0.1, -0.05) is 30.3 Å². The highest BCUT2D eigenvalue weighted by molar-refractivity contribution is 5.94. The Morgan fingerprint density at radius 2 is 2.04 bits per heavy atom. The fourth-order valence-electron chi connectivity index (χ4n) is 3.62. The highest BCUT2D eigenvalue weighted by Crippen LogP contribution is 2.22. The number of carbonyl (C=O) groups is 1. The number of hydrogen-bond donors (Lipinski definition) is 2. The Hall–Kier alpha value is -2.18. The zero-order valence-electron chi connectivity index (χ0n) is 15.6. The van der Waals surface area contributed by atoms with Gasteiger partial charge in [-0.3, -0.25) is 9.89 Å². The Morgan fingerprint density at radius 1 is 1.35 bits per heavy atom. The van der Waals surface area contributed by atoms with Gasteiger partial charge in [-0.25, -0.2) is 0 Å². The van der Waals surface area contributed by atoms with Gasteiger partial charge in [-0.15, -0.1) is 0 Å². The molecule has 1 aliphatic heterocycles. The fraction of sp³-hybridized carbons (Fsp3) is 0.500. The summed E-state index contributed by atoms with van der Waals surface area (Å²) in [7, 11) is 1.86. The quantitative estimate of drug-likeness (QED) is 0.833. The molecule has 1 saturated heterocycles. The van der Waals surface area contributed by atoms with Gasteiger partial charge in [0.15, 0.2) is 0 Å². The molecule has 26 heavy (non-hydrogen) atoms. The van der Waals surface area contributed by atoms with Crippen molar-refractivity contribution >= 4 is 5.91 Å². The predicted octanol–water partition coefficient (Wildman–Crippen LogP) is 2.24. The van der Waals surface area contributed by atoms with Crippen LogP contribution >= 0.6 is 0 Å². The Morgan fingerprint density at radius 3 is 2.65 bits per heavy atom. The van der Waals surface area contributed by atoms with E-state index in [2.05, 4.69) is 15.1 Å². The van der Waals surface area contributed by atoms with Crippen LogP contribution in [0.25, 0.3) is 0 Å². The first-order valence-corrected chi connectivity index (χ1v) is 9.25. The van der Waals surface area contributed by atoms with Crippen LogP contribution in [0.5, 0.6) is 0 Å². The van der Waals surface area contributed by atoms with E-state index in [0.29, 0.717) is 18.0 Å². The first-order chi connectivity index (χ1) is 12.5. The summed E-state index contributed by atoms with van der Waals surface area (Å²) in [6.45, 7) is 5.21. The molecule has 2 aromatic rings. The van der Waals surface area contributed by atoms with Crippen LogP contribution in [0.3, 0.4) is 0 Å². The van der Waals surface area contributed by atoms with Crippen molar-refractivity contribution in [3.05, 3.63) is 53.3 Å². The van der Waals surface area contributed by atoms with E-state index >= 15 is 0 Å². The van der Waals surface area contributed by atoms with Crippen molar-refractivity contribution in [3.8, 4) is 0 Å². The summed E-state index contributed by atoms with van der Waals surface area (Å²) in [5.74, 6) is 0.527. The van der Waals surface area contributed by atoms with E-state index in [1.807, 2.05) is 44.3 Å². The lowest BCUT2D eigenvalue weighted by Crippen LogP contribution is -2.40. The molecule has 0 spiro atoms. The largest absolute Gasteiger partial charge is 0.387 e. The zero-order valence-corrected chi connectivity index (χ0v) is 15.6. The number of rotatable bonds is 6. The molecule has 2 heterocycles. The minimum atomic E-state index is -0.443. The number of aromatic nitrogens is 2. The molecule has 6 nitrogen and oxygen atoms in total. The van der Waals surface area contributed by atoms with E-state index in [0.717, 1.165) is 43.7 Å². The zero-order chi connectivity index (χ0) is 18.5. The van der Waals surface area contributed by atoms with E-state index in [4.69, 9.17) is 0 Å². The summed E-state index contributed by atoms with van der Waals surface area (Å²) in [5, 5.41) is 17.1. The van der Waals surface area contributed by atoms with E-state index < -0.39 is 6.10 Å². The molecule has 0 radical (unpaired) electrons. The molecule has 0 aliphatic carbocycles. The third-order valence-corrected chi connectivity index (χ3v) is 5.26. The van der Waals surface area contributed by atoms with Gasteiger partial charge in [-0.2, -0.15) is 5.10 Å². The van der Waals surface area contributed by atoms with Crippen molar-refractivity contribution in [3.63, 3.8) is 0 Å². The number of H-pyrrole nitrogens is 1. The number of likely N-dealkylation sites (tertiary alicyclic amines) is 1. The van der Waals surface area contributed by atoms with Crippen LogP contribution in [0, 0.1) is 12.8 Å². The van der Waals surface area contributed by atoms with Crippen molar-refractivity contribution in [1.29, 1.82) is 0 Å². The molecule has 1 aromatic heterocycles. The van der Waals surface area contributed by atoms with Crippen LogP contribution in [0.1, 0.15) is 40.6 Å². The number of aliphatic hydroxyl groups excluding tert-OH is 1. The topological polar surface area (TPSA) is 72.5 Å². The Balaban J connectivity index is 1.45. The lowest BCUT2D eigenvalue weighted by molar-refractivity contribution is 0.0681. The summed E-state index contributed by atoms with van der Waals surface area (Å²) >= 11 is 0. The minimum Gasteiger partial charge on any atom is -0.387 e. The molecule has 0 bridgehead atoms. The molecular formula is C20H28N4O2. The van der Waals surface area contributed by atoms with E-state index in [-0.39, 0.29) is 5.91 Å². The van der Waals surface area contributed by atoms with Gasteiger partial charge in [0.25, 0.3) is 5.91 Å². The van der Waals surface area contributed by atoms with Crippen molar-refractivity contribution in [2.75, 3.05) is 33.2 Å².